The summed E-state index contributed by atoms with van der Waals surface area (Å²) in [4.78, 5) is 28.3. The Balaban J connectivity index is 1.73. The molecule has 1 fully saturated rings. The number of aliphatic hydroxyl groups excluding tert-OH is 1. The van der Waals surface area contributed by atoms with Crippen LogP contribution >= 0.6 is 0 Å². The predicted molar refractivity (Wildman–Crippen MR) is 136 cm³/mol. The van der Waals surface area contributed by atoms with E-state index in [2.05, 4.69) is 0 Å². The molecule has 0 bridgehead atoms. The third-order valence-electron chi connectivity index (χ3n) is 6.34. The number of ketones is 1. The van der Waals surface area contributed by atoms with Gasteiger partial charge >= 0.3 is 0 Å². The summed E-state index contributed by atoms with van der Waals surface area (Å²) in [6.07, 6.45) is 0. The molecule has 1 saturated heterocycles. The van der Waals surface area contributed by atoms with E-state index in [0.717, 1.165) is 0 Å². The average molecular weight is 520 g/mol. The van der Waals surface area contributed by atoms with Crippen molar-refractivity contribution in [1.29, 1.82) is 0 Å². The molecule has 1 amide bonds. The van der Waals surface area contributed by atoms with Gasteiger partial charge in [0.25, 0.3) is 11.7 Å². The molecule has 0 aromatic heterocycles. The van der Waals surface area contributed by atoms with E-state index in [1.54, 1.807) is 49.4 Å². The molecule has 0 aliphatic carbocycles. The molecule has 3 aromatic carbocycles. The van der Waals surface area contributed by atoms with Crippen LogP contribution < -0.4 is 28.6 Å². The maximum absolute atomic E-state index is 13.5. The van der Waals surface area contributed by atoms with E-state index in [-0.39, 0.29) is 41.8 Å². The number of amides is 1. The summed E-state index contributed by atoms with van der Waals surface area (Å²) >= 11 is 0. The first-order chi connectivity index (χ1) is 18.4. The highest BCUT2D eigenvalue weighted by Crippen LogP contribution is 2.47. The van der Waals surface area contributed by atoms with Gasteiger partial charge < -0.3 is 33.9 Å². The van der Waals surface area contributed by atoms with Gasteiger partial charge in [-0.3, -0.25) is 14.5 Å². The fraction of sp³-hybridized carbons (Fsp3) is 0.214. The van der Waals surface area contributed by atoms with Gasteiger partial charge in [-0.2, -0.15) is 0 Å². The van der Waals surface area contributed by atoms with Crippen LogP contribution in [0, 0.1) is 0 Å². The molecule has 38 heavy (non-hydrogen) atoms. The maximum atomic E-state index is 13.5. The number of carbonyl (C=O) groups is 2. The average Bonchev–Trinajstić information content (AvgIpc) is 3.51. The van der Waals surface area contributed by atoms with Gasteiger partial charge in [0.2, 0.25) is 6.79 Å². The van der Waals surface area contributed by atoms with Crippen molar-refractivity contribution in [2.24, 2.45) is 0 Å². The first-order valence-corrected chi connectivity index (χ1v) is 11.8. The van der Waals surface area contributed by atoms with Crippen LogP contribution in [0.1, 0.15) is 24.1 Å². The smallest absolute Gasteiger partial charge is 0.300 e. The van der Waals surface area contributed by atoms with Crippen molar-refractivity contribution in [3.8, 4) is 34.5 Å². The number of anilines is 1. The standard InChI is InChI=1S/C28H25NO9/c1-4-36-22-11-15(5-9-19(22)30)25-24(26(31)18-8-7-17(34-2)13-21(18)35-3)27(32)28(33)29(25)16-6-10-20-23(12-16)38-14-37-20/h5-13,25,30-31H,4,14H2,1-3H3/b26-24+. The quantitative estimate of drug-likeness (QED) is 0.269. The topological polar surface area (TPSA) is 124 Å². The lowest BCUT2D eigenvalue weighted by Crippen LogP contribution is -2.29. The Morgan fingerprint density at radius 2 is 1.76 bits per heavy atom. The van der Waals surface area contributed by atoms with Crippen LogP contribution in [-0.4, -0.2) is 49.5 Å². The molecule has 5 rings (SSSR count). The van der Waals surface area contributed by atoms with Gasteiger partial charge in [0, 0.05) is 17.8 Å². The second-order valence-electron chi connectivity index (χ2n) is 8.43. The number of phenolic OH excluding ortho intramolecular Hbond substituents is 1. The molecule has 10 nitrogen and oxygen atoms in total. The lowest BCUT2D eigenvalue weighted by Gasteiger charge is -2.26. The van der Waals surface area contributed by atoms with Gasteiger partial charge in [0.05, 0.1) is 38.0 Å². The number of Topliss-reactive ketones (excluding diaryl/α,β-unsaturated/α-hetero) is 1. The van der Waals surface area contributed by atoms with E-state index in [4.69, 9.17) is 23.7 Å². The molecule has 2 N–H and O–H groups in total. The van der Waals surface area contributed by atoms with E-state index in [0.29, 0.717) is 28.5 Å². The Morgan fingerprint density at radius 1 is 0.974 bits per heavy atom. The van der Waals surface area contributed by atoms with Gasteiger partial charge in [0.15, 0.2) is 23.0 Å². The summed E-state index contributed by atoms with van der Waals surface area (Å²) in [5.41, 5.74) is 0.820. The molecule has 0 spiro atoms. The molecule has 2 aliphatic heterocycles. The number of aliphatic hydroxyl groups is 1. The van der Waals surface area contributed by atoms with Crippen LogP contribution in [-0.2, 0) is 9.59 Å². The van der Waals surface area contributed by atoms with Crippen LogP contribution in [0.15, 0.2) is 60.2 Å². The second kappa shape index (κ2) is 9.89. The minimum atomic E-state index is -1.07. The van der Waals surface area contributed by atoms with E-state index in [1.807, 2.05) is 0 Å². The molecule has 1 atom stereocenters. The third kappa shape index (κ3) is 4.09. The Labute approximate surface area is 218 Å². The molecule has 10 heteroatoms. The fourth-order valence-corrected chi connectivity index (χ4v) is 4.56. The first kappa shape index (κ1) is 24.8. The highest BCUT2D eigenvalue weighted by Gasteiger charge is 2.47. The molecule has 3 aromatic rings. The van der Waals surface area contributed by atoms with Crippen LogP contribution in [0.25, 0.3) is 5.76 Å². The number of fused-ring (bicyclic) bond motifs is 1. The van der Waals surface area contributed by atoms with Crippen molar-refractivity contribution in [1.82, 2.24) is 0 Å². The monoisotopic (exact) mass is 519 g/mol. The normalized spacial score (nSPS) is 17.6. The first-order valence-electron chi connectivity index (χ1n) is 11.8. The molecular weight excluding hydrogens is 494 g/mol. The van der Waals surface area contributed by atoms with Crippen molar-refractivity contribution >= 4 is 23.1 Å². The lowest BCUT2D eigenvalue weighted by molar-refractivity contribution is -0.132. The Morgan fingerprint density at radius 3 is 2.50 bits per heavy atom. The number of ether oxygens (including phenoxy) is 5. The highest BCUT2D eigenvalue weighted by atomic mass is 16.7. The molecule has 0 radical (unpaired) electrons. The number of hydrogen-bond acceptors (Lipinski definition) is 9. The lowest BCUT2D eigenvalue weighted by atomic mass is 9.94. The van der Waals surface area contributed by atoms with E-state index >= 15 is 0 Å². The number of carbonyl (C=O) groups excluding carboxylic acids is 2. The summed E-state index contributed by atoms with van der Waals surface area (Å²) in [7, 11) is 2.91. The van der Waals surface area contributed by atoms with Gasteiger partial charge in [0.1, 0.15) is 17.3 Å². The Hall–Kier alpha value is -4.86. The van der Waals surface area contributed by atoms with Crippen LogP contribution in [0.4, 0.5) is 5.69 Å². The molecule has 2 aliphatic rings. The SMILES string of the molecule is CCOc1cc(C2/C(=C(\O)c3ccc(OC)cc3OC)C(=O)C(=O)N2c2ccc3c(c2)OCO3)ccc1O. The van der Waals surface area contributed by atoms with Gasteiger partial charge in [-0.25, -0.2) is 0 Å². The number of aromatic hydroxyl groups is 1. The van der Waals surface area contributed by atoms with Gasteiger partial charge in [-0.15, -0.1) is 0 Å². The Kier molecular flexibility index (Phi) is 6.46. The summed E-state index contributed by atoms with van der Waals surface area (Å²) < 4.78 is 27.1. The van der Waals surface area contributed by atoms with E-state index < -0.39 is 23.5 Å². The van der Waals surface area contributed by atoms with Crippen LogP contribution in [0.3, 0.4) is 0 Å². The minimum absolute atomic E-state index is 0.0357. The summed E-state index contributed by atoms with van der Waals surface area (Å²) in [5.74, 6) is -0.457. The summed E-state index contributed by atoms with van der Waals surface area (Å²) in [6.45, 7) is 2.08. The number of benzene rings is 3. The summed E-state index contributed by atoms with van der Waals surface area (Å²) in [6, 6.07) is 13.0. The van der Waals surface area contributed by atoms with Crippen molar-refractivity contribution in [3.05, 3.63) is 71.3 Å². The zero-order valence-electron chi connectivity index (χ0n) is 20.9. The van der Waals surface area contributed by atoms with Crippen molar-refractivity contribution < 1.29 is 43.5 Å². The number of rotatable bonds is 7. The van der Waals surface area contributed by atoms with E-state index in [1.165, 1.54) is 31.3 Å². The zero-order chi connectivity index (χ0) is 27.0. The second-order valence-corrected chi connectivity index (χ2v) is 8.43. The number of hydrogen-bond donors (Lipinski definition) is 2. The molecule has 1 unspecified atom stereocenters. The minimum Gasteiger partial charge on any atom is -0.507 e. The zero-order valence-corrected chi connectivity index (χ0v) is 20.9. The Bertz CT molecular complexity index is 1460. The molecule has 2 heterocycles. The van der Waals surface area contributed by atoms with Gasteiger partial charge in [-0.1, -0.05) is 6.07 Å². The van der Waals surface area contributed by atoms with Crippen molar-refractivity contribution in [2.75, 3.05) is 32.5 Å². The maximum Gasteiger partial charge on any atom is 0.300 e. The third-order valence-corrected chi connectivity index (χ3v) is 6.34. The van der Waals surface area contributed by atoms with Crippen molar-refractivity contribution in [3.63, 3.8) is 0 Å². The van der Waals surface area contributed by atoms with E-state index in [9.17, 15) is 19.8 Å². The number of phenols is 1. The van der Waals surface area contributed by atoms with Crippen LogP contribution in [0.2, 0.25) is 0 Å². The van der Waals surface area contributed by atoms with Crippen molar-refractivity contribution in [2.45, 2.75) is 13.0 Å². The molecule has 0 saturated carbocycles. The number of nitrogens with zero attached hydrogens (tertiary/aromatic N) is 1. The summed E-state index contributed by atoms with van der Waals surface area (Å²) in [5, 5.41) is 21.8. The van der Waals surface area contributed by atoms with Crippen LogP contribution in [0.5, 0.6) is 34.5 Å². The largest absolute Gasteiger partial charge is 0.507 e. The molecule has 196 valence electrons. The fourth-order valence-electron chi connectivity index (χ4n) is 4.56. The number of methoxy groups -OCH3 is 2. The van der Waals surface area contributed by atoms with Gasteiger partial charge in [-0.05, 0) is 48.9 Å². The highest BCUT2D eigenvalue weighted by molar-refractivity contribution is 6.51. The molecular formula is C28H25NO9. The predicted octanol–water partition coefficient (Wildman–Crippen LogP) is 4.16.